The van der Waals surface area contributed by atoms with Crippen molar-refractivity contribution in [3.63, 3.8) is 0 Å². The van der Waals surface area contributed by atoms with E-state index in [-0.39, 0.29) is 26.6 Å². The summed E-state index contributed by atoms with van der Waals surface area (Å²) < 4.78 is 18.0. The van der Waals surface area contributed by atoms with Crippen molar-refractivity contribution in [2.75, 3.05) is 5.32 Å². The smallest absolute Gasteiger partial charge is 0.359 e. The first-order valence-corrected chi connectivity index (χ1v) is 7.70. The van der Waals surface area contributed by atoms with Crippen molar-refractivity contribution in [2.24, 2.45) is 0 Å². The van der Waals surface area contributed by atoms with Gasteiger partial charge in [0.25, 0.3) is 5.91 Å². The molecule has 0 spiro atoms. The molecule has 0 aliphatic heterocycles. The second-order valence-corrected chi connectivity index (χ2v) is 5.83. The number of benzene rings is 1. The highest BCUT2D eigenvalue weighted by atomic mass is 35.5. The van der Waals surface area contributed by atoms with Crippen LogP contribution in [0.2, 0.25) is 15.2 Å². The van der Waals surface area contributed by atoms with E-state index in [4.69, 9.17) is 39.5 Å². The van der Waals surface area contributed by atoms with Crippen molar-refractivity contribution < 1.29 is 18.7 Å². The van der Waals surface area contributed by atoms with Gasteiger partial charge in [-0.05, 0) is 37.3 Å². The Morgan fingerprint density at radius 3 is 2.54 bits per heavy atom. The largest absolute Gasteiger partial charge is 0.448 e. The summed E-state index contributed by atoms with van der Waals surface area (Å²) in [5, 5.41) is 2.54. The van der Waals surface area contributed by atoms with Gasteiger partial charge in [0.05, 0.1) is 15.7 Å². The number of nitrogens with one attached hydrogen (secondary N) is 1. The highest BCUT2D eigenvalue weighted by Gasteiger charge is 2.22. The van der Waals surface area contributed by atoms with E-state index in [2.05, 4.69) is 10.3 Å². The molecule has 2 rings (SSSR count). The van der Waals surface area contributed by atoms with Crippen LogP contribution < -0.4 is 5.32 Å². The van der Waals surface area contributed by atoms with Crippen LogP contribution in [0.5, 0.6) is 0 Å². The molecule has 0 radical (unpaired) electrons. The van der Waals surface area contributed by atoms with Crippen LogP contribution in [0.3, 0.4) is 0 Å². The molecule has 2 aromatic rings. The van der Waals surface area contributed by atoms with Crippen molar-refractivity contribution in [1.82, 2.24) is 4.98 Å². The summed E-state index contributed by atoms with van der Waals surface area (Å²) in [4.78, 5) is 27.8. The maximum atomic E-state index is 13.0. The van der Waals surface area contributed by atoms with Crippen molar-refractivity contribution in [1.29, 1.82) is 0 Å². The zero-order valence-electron chi connectivity index (χ0n) is 12.1. The molecule has 126 valence electrons. The molecule has 0 aliphatic rings. The molecule has 0 saturated heterocycles. The Hall–Kier alpha value is -1.89. The highest BCUT2D eigenvalue weighted by Crippen LogP contribution is 2.23. The predicted molar refractivity (Wildman–Crippen MR) is 89.2 cm³/mol. The molecule has 1 heterocycles. The van der Waals surface area contributed by atoms with Crippen LogP contribution in [0.1, 0.15) is 17.4 Å². The Morgan fingerprint density at radius 2 is 1.88 bits per heavy atom. The molecule has 1 amide bonds. The van der Waals surface area contributed by atoms with E-state index in [9.17, 15) is 14.0 Å². The minimum Gasteiger partial charge on any atom is -0.448 e. The number of ether oxygens (including phenoxy) is 1. The number of rotatable bonds is 4. The molecular weight excluding hydrogens is 382 g/mol. The van der Waals surface area contributed by atoms with Crippen LogP contribution >= 0.6 is 34.8 Å². The fourth-order valence-electron chi connectivity index (χ4n) is 1.66. The number of hydrogen-bond acceptors (Lipinski definition) is 4. The zero-order chi connectivity index (χ0) is 17.9. The fourth-order valence-corrected chi connectivity index (χ4v) is 2.20. The van der Waals surface area contributed by atoms with Crippen LogP contribution in [-0.4, -0.2) is 23.0 Å². The van der Waals surface area contributed by atoms with E-state index in [1.165, 1.54) is 25.1 Å². The Morgan fingerprint density at radius 1 is 1.17 bits per heavy atom. The minimum absolute atomic E-state index is 0.0152. The molecule has 0 saturated carbocycles. The van der Waals surface area contributed by atoms with E-state index in [0.717, 1.165) is 12.1 Å². The third-order valence-corrected chi connectivity index (χ3v) is 3.68. The van der Waals surface area contributed by atoms with Gasteiger partial charge in [-0.15, -0.1) is 0 Å². The number of carbonyl (C=O) groups is 2. The van der Waals surface area contributed by atoms with Crippen molar-refractivity contribution >= 4 is 52.4 Å². The standard InChI is InChI=1S/C15H10Cl3FN2O3/c1-7(14(22)20-11-4-2-8(19)6-10(11)17)24-15(23)13-9(16)3-5-12(18)21-13/h2-7H,1H3,(H,20,22)/t7-/m0/s1. The van der Waals surface area contributed by atoms with Crippen molar-refractivity contribution in [3.8, 4) is 0 Å². The van der Waals surface area contributed by atoms with Gasteiger partial charge >= 0.3 is 5.97 Å². The Labute approximate surface area is 151 Å². The molecule has 0 unspecified atom stereocenters. The van der Waals surface area contributed by atoms with Gasteiger partial charge in [0, 0.05) is 0 Å². The van der Waals surface area contributed by atoms with Crippen LogP contribution in [0, 0.1) is 5.82 Å². The average Bonchev–Trinajstić information content (AvgIpc) is 2.52. The molecule has 24 heavy (non-hydrogen) atoms. The molecule has 0 bridgehead atoms. The van der Waals surface area contributed by atoms with Gasteiger partial charge in [-0.1, -0.05) is 34.8 Å². The van der Waals surface area contributed by atoms with E-state index in [1.54, 1.807) is 0 Å². The van der Waals surface area contributed by atoms with Crippen LogP contribution in [0.15, 0.2) is 30.3 Å². The summed E-state index contributed by atoms with van der Waals surface area (Å²) in [6.45, 7) is 1.35. The lowest BCUT2D eigenvalue weighted by atomic mass is 10.3. The lowest BCUT2D eigenvalue weighted by Crippen LogP contribution is -2.30. The third kappa shape index (κ3) is 4.56. The predicted octanol–water partition coefficient (Wildman–Crippen LogP) is 4.36. The van der Waals surface area contributed by atoms with Crippen LogP contribution in [-0.2, 0) is 9.53 Å². The number of hydrogen-bond donors (Lipinski definition) is 1. The van der Waals surface area contributed by atoms with Gasteiger partial charge in [-0.2, -0.15) is 0 Å². The topological polar surface area (TPSA) is 68.3 Å². The summed E-state index contributed by atoms with van der Waals surface area (Å²) in [7, 11) is 0. The second-order valence-electron chi connectivity index (χ2n) is 4.63. The number of halogens is 4. The number of aromatic nitrogens is 1. The number of carbonyl (C=O) groups excluding carboxylic acids is 2. The summed E-state index contributed by atoms with van der Waals surface area (Å²) in [6, 6.07) is 6.26. The summed E-state index contributed by atoms with van der Waals surface area (Å²) in [5.74, 6) is -2.11. The Kier molecular flexibility index (Phi) is 5.99. The Bertz CT molecular complexity index is 802. The number of nitrogens with zero attached hydrogens (tertiary/aromatic N) is 1. The van der Waals surface area contributed by atoms with Crippen LogP contribution in [0.4, 0.5) is 10.1 Å². The number of anilines is 1. The second kappa shape index (κ2) is 7.79. The highest BCUT2D eigenvalue weighted by molar-refractivity contribution is 6.34. The molecule has 1 atom stereocenters. The van der Waals surface area contributed by atoms with E-state index in [1.807, 2.05) is 0 Å². The van der Waals surface area contributed by atoms with Gasteiger partial charge < -0.3 is 10.1 Å². The fraction of sp³-hybridized carbons (Fsp3) is 0.133. The molecule has 1 aromatic heterocycles. The van der Waals surface area contributed by atoms with Crippen molar-refractivity contribution in [3.05, 3.63) is 57.0 Å². The number of amides is 1. The van der Waals surface area contributed by atoms with E-state index >= 15 is 0 Å². The molecule has 5 nitrogen and oxygen atoms in total. The Balaban J connectivity index is 2.05. The molecule has 9 heteroatoms. The first-order chi connectivity index (χ1) is 11.3. The van der Waals surface area contributed by atoms with Crippen LogP contribution in [0.25, 0.3) is 0 Å². The third-order valence-electron chi connectivity index (χ3n) is 2.85. The maximum Gasteiger partial charge on any atom is 0.359 e. The maximum absolute atomic E-state index is 13.0. The first kappa shape index (κ1) is 18.4. The molecular formula is C15H10Cl3FN2O3. The van der Waals surface area contributed by atoms with Gasteiger partial charge in [0.2, 0.25) is 0 Å². The van der Waals surface area contributed by atoms with Gasteiger partial charge in [-0.3, -0.25) is 4.79 Å². The average molecular weight is 392 g/mol. The number of pyridine rings is 1. The minimum atomic E-state index is -1.17. The molecule has 1 aromatic carbocycles. The van der Waals surface area contributed by atoms with Gasteiger partial charge in [0.1, 0.15) is 11.0 Å². The molecule has 0 fully saturated rings. The monoisotopic (exact) mass is 390 g/mol. The summed E-state index contributed by atoms with van der Waals surface area (Å²) >= 11 is 17.4. The van der Waals surface area contributed by atoms with Gasteiger partial charge in [-0.25, -0.2) is 14.2 Å². The SMILES string of the molecule is C[C@H](OC(=O)c1nc(Cl)ccc1Cl)C(=O)Nc1ccc(F)cc1Cl. The summed E-state index contributed by atoms with van der Waals surface area (Å²) in [5.41, 5.74) is -0.0199. The van der Waals surface area contributed by atoms with Gasteiger partial charge in [0.15, 0.2) is 11.8 Å². The quantitative estimate of drug-likeness (QED) is 0.621. The van der Waals surface area contributed by atoms with E-state index in [0.29, 0.717) is 0 Å². The van der Waals surface area contributed by atoms with E-state index < -0.39 is 23.8 Å². The lowest BCUT2D eigenvalue weighted by Gasteiger charge is -2.14. The molecule has 1 N–H and O–H groups in total. The number of esters is 1. The first-order valence-electron chi connectivity index (χ1n) is 6.57. The zero-order valence-corrected chi connectivity index (χ0v) is 14.4. The summed E-state index contributed by atoms with van der Waals surface area (Å²) in [6.07, 6.45) is -1.17. The normalized spacial score (nSPS) is 11.7. The lowest BCUT2D eigenvalue weighted by molar-refractivity contribution is -0.123. The molecule has 0 aliphatic carbocycles. The van der Waals surface area contributed by atoms with Crippen molar-refractivity contribution in [2.45, 2.75) is 13.0 Å².